The molecule has 0 unspecified atom stereocenters. The van der Waals surface area contributed by atoms with E-state index in [4.69, 9.17) is 4.42 Å². The van der Waals surface area contributed by atoms with Crippen LogP contribution in [0, 0.1) is 0 Å². The van der Waals surface area contributed by atoms with Gasteiger partial charge in [-0.25, -0.2) is 0 Å². The molecule has 0 bridgehead atoms. The Morgan fingerprint density at radius 3 is 1.54 bits per heavy atom. The van der Waals surface area contributed by atoms with Crippen molar-refractivity contribution < 1.29 is 4.42 Å². The van der Waals surface area contributed by atoms with E-state index in [1.54, 1.807) is 0 Å². The van der Waals surface area contributed by atoms with Crippen LogP contribution in [0.25, 0.3) is 93.6 Å². The summed E-state index contributed by atoms with van der Waals surface area (Å²) in [5.74, 6) is 0. The van der Waals surface area contributed by atoms with E-state index in [-0.39, 0.29) is 0 Å². The van der Waals surface area contributed by atoms with Crippen molar-refractivity contribution in [2.75, 3.05) is 4.90 Å². The number of aromatic nitrogens is 1. The van der Waals surface area contributed by atoms with Crippen LogP contribution in [0.4, 0.5) is 17.1 Å². The van der Waals surface area contributed by atoms with Crippen molar-refractivity contribution in [1.82, 2.24) is 4.57 Å². The molecule has 2 heterocycles. The van der Waals surface area contributed by atoms with Gasteiger partial charge in [-0.05, 0) is 111 Å². The lowest BCUT2D eigenvalue weighted by Gasteiger charge is -2.26. The maximum atomic E-state index is 6.42. The van der Waals surface area contributed by atoms with Crippen molar-refractivity contribution in [3.8, 4) is 39.1 Å². The van der Waals surface area contributed by atoms with Crippen molar-refractivity contribution in [2.24, 2.45) is 0 Å². The molecule has 0 saturated heterocycles. The van der Waals surface area contributed by atoms with E-state index in [2.05, 4.69) is 228 Å². The fourth-order valence-electron chi connectivity index (χ4n) is 9.36. The van der Waals surface area contributed by atoms with Gasteiger partial charge in [0.05, 0.1) is 11.0 Å². The van der Waals surface area contributed by atoms with Crippen LogP contribution in [-0.2, 0) is 0 Å². The number of rotatable bonds is 7. The third kappa shape index (κ3) is 5.90. The highest BCUT2D eigenvalue weighted by Gasteiger charge is 2.18. The SMILES string of the molecule is c1ccc(-c2cccc3cccc(-c4ccc(N(c5ccc(-c6cccc(-n7c8ccccc8c8ccccc87)c6)cc5)c5ccc6c(c5)oc5ccccc56)cc4)c23)cc1. The Morgan fingerprint density at radius 2 is 0.852 bits per heavy atom. The highest BCUT2D eigenvalue weighted by molar-refractivity contribution is 6.10. The Kier molecular flexibility index (Phi) is 8.17. The number of para-hydroxylation sites is 3. The quantitative estimate of drug-likeness (QED) is 0.161. The van der Waals surface area contributed by atoms with Crippen LogP contribution in [-0.4, -0.2) is 4.57 Å². The summed E-state index contributed by atoms with van der Waals surface area (Å²) in [4.78, 5) is 2.33. The molecule has 3 heteroatoms. The monoisotopic (exact) mass is 778 g/mol. The third-order valence-electron chi connectivity index (χ3n) is 12.2. The normalized spacial score (nSPS) is 11.6. The fraction of sp³-hybridized carbons (Fsp3) is 0. The molecule has 0 aliphatic carbocycles. The van der Waals surface area contributed by atoms with E-state index >= 15 is 0 Å². The molecular formula is C58H38N2O. The first-order chi connectivity index (χ1) is 30.2. The molecule has 0 atom stereocenters. The number of hydrogen-bond donors (Lipinski definition) is 0. The minimum absolute atomic E-state index is 0.864. The smallest absolute Gasteiger partial charge is 0.137 e. The second-order valence-corrected chi connectivity index (χ2v) is 15.7. The van der Waals surface area contributed by atoms with E-state index in [0.717, 1.165) is 55.8 Å². The van der Waals surface area contributed by atoms with Crippen LogP contribution in [0.2, 0.25) is 0 Å². The van der Waals surface area contributed by atoms with Crippen LogP contribution < -0.4 is 4.90 Å². The first kappa shape index (κ1) is 34.9. The first-order valence-corrected chi connectivity index (χ1v) is 20.8. The van der Waals surface area contributed by atoms with Gasteiger partial charge < -0.3 is 13.9 Å². The van der Waals surface area contributed by atoms with Crippen LogP contribution in [0.1, 0.15) is 0 Å². The predicted molar refractivity (Wildman–Crippen MR) is 257 cm³/mol. The van der Waals surface area contributed by atoms with Gasteiger partial charge in [-0.3, -0.25) is 0 Å². The van der Waals surface area contributed by atoms with Crippen LogP contribution in [0.5, 0.6) is 0 Å². The Labute approximate surface area is 353 Å². The Balaban J connectivity index is 0.955. The molecule has 0 fully saturated rings. The molecule has 3 nitrogen and oxygen atoms in total. The lowest BCUT2D eigenvalue weighted by Crippen LogP contribution is -2.09. The molecule has 0 spiro atoms. The lowest BCUT2D eigenvalue weighted by atomic mass is 9.91. The zero-order valence-electron chi connectivity index (χ0n) is 33.2. The summed E-state index contributed by atoms with van der Waals surface area (Å²) in [5, 5.41) is 7.24. The molecule has 12 aromatic rings. The summed E-state index contributed by atoms with van der Waals surface area (Å²) in [6.45, 7) is 0. The molecule has 0 radical (unpaired) electrons. The van der Waals surface area contributed by atoms with Crippen LogP contribution in [0.15, 0.2) is 235 Å². The minimum Gasteiger partial charge on any atom is -0.456 e. The average Bonchev–Trinajstić information content (AvgIpc) is 3.88. The number of anilines is 3. The van der Waals surface area contributed by atoms with Gasteiger partial charge in [-0.2, -0.15) is 0 Å². The average molecular weight is 779 g/mol. The van der Waals surface area contributed by atoms with E-state index in [1.807, 2.05) is 12.1 Å². The second-order valence-electron chi connectivity index (χ2n) is 15.7. The zero-order chi connectivity index (χ0) is 40.3. The van der Waals surface area contributed by atoms with E-state index in [9.17, 15) is 0 Å². The van der Waals surface area contributed by atoms with Crippen molar-refractivity contribution in [1.29, 1.82) is 0 Å². The van der Waals surface area contributed by atoms with Crippen molar-refractivity contribution in [2.45, 2.75) is 0 Å². The third-order valence-corrected chi connectivity index (χ3v) is 12.2. The molecule has 2 aromatic heterocycles. The van der Waals surface area contributed by atoms with Gasteiger partial charge >= 0.3 is 0 Å². The second kappa shape index (κ2) is 14.3. The molecule has 0 aliphatic rings. The fourth-order valence-corrected chi connectivity index (χ4v) is 9.36. The van der Waals surface area contributed by atoms with Gasteiger partial charge in [0.2, 0.25) is 0 Å². The number of benzene rings is 10. The standard InChI is InChI=1S/C58H38N2O/c1-2-13-40(14-3-1)48-22-11-15-42-16-12-23-49(58(42)48)41-29-33-45(34-30-41)59(47-35-36-53-52-21-6-9-26-56(52)61-57(53)38-47)44-31-27-39(28-32-44)43-17-10-18-46(37-43)60-54-24-7-4-19-50(54)51-20-5-8-25-55(51)60/h1-38H. The topological polar surface area (TPSA) is 21.3 Å². The molecule has 0 amide bonds. The maximum absolute atomic E-state index is 6.42. The summed E-state index contributed by atoms with van der Waals surface area (Å²) in [6.07, 6.45) is 0. The molecule has 286 valence electrons. The maximum Gasteiger partial charge on any atom is 0.137 e. The summed E-state index contributed by atoms with van der Waals surface area (Å²) in [5.41, 5.74) is 15.6. The molecule has 10 aromatic carbocycles. The Morgan fingerprint density at radius 1 is 0.328 bits per heavy atom. The molecule has 0 aliphatic heterocycles. The van der Waals surface area contributed by atoms with Crippen LogP contribution >= 0.6 is 0 Å². The Bertz CT molecular complexity index is 3520. The number of fused-ring (bicyclic) bond motifs is 7. The number of furan rings is 1. The zero-order valence-corrected chi connectivity index (χ0v) is 33.2. The van der Waals surface area contributed by atoms with E-state index < -0.39 is 0 Å². The first-order valence-electron chi connectivity index (χ1n) is 20.8. The van der Waals surface area contributed by atoms with Gasteiger partial charge in [0, 0.05) is 50.4 Å². The largest absolute Gasteiger partial charge is 0.456 e. The van der Waals surface area contributed by atoms with Crippen molar-refractivity contribution >= 4 is 71.6 Å². The highest BCUT2D eigenvalue weighted by Crippen LogP contribution is 2.42. The highest BCUT2D eigenvalue weighted by atomic mass is 16.3. The molecule has 0 N–H and O–H groups in total. The Hall–Kier alpha value is -8.14. The van der Waals surface area contributed by atoms with Crippen molar-refractivity contribution in [3.05, 3.63) is 231 Å². The van der Waals surface area contributed by atoms with Gasteiger partial charge in [0.25, 0.3) is 0 Å². The molecular weight excluding hydrogens is 741 g/mol. The van der Waals surface area contributed by atoms with E-state index in [0.29, 0.717) is 0 Å². The number of nitrogens with zero attached hydrogens (tertiary/aromatic N) is 2. The number of hydrogen-bond acceptors (Lipinski definition) is 2. The van der Waals surface area contributed by atoms with E-state index in [1.165, 1.54) is 54.8 Å². The van der Waals surface area contributed by atoms with Crippen LogP contribution in [0.3, 0.4) is 0 Å². The lowest BCUT2D eigenvalue weighted by molar-refractivity contribution is 0.669. The van der Waals surface area contributed by atoms with Gasteiger partial charge in [0.15, 0.2) is 0 Å². The molecule has 0 saturated carbocycles. The predicted octanol–water partition coefficient (Wildman–Crippen LogP) is 16.3. The molecule has 12 rings (SSSR count). The summed E-state index contributed by atoms with van der Waals surface area (Å²) < 4.78 is 8.80. The summed E-state index contributed by atoms with van der Waals surface area (Å²) in [7, 11) is 0. The van der Waals surface area contributed by atoms with Crippen molar-refractivity contribution in [3.63, 3.8) is 0 Å². The summed E-state index contributed by atoms with van der Waals surface area (Å²) in [6, 6.07) is 82.9. The van der Waals surface area contributed by atoms with Gasteiger partial charge in [-0.1, -0.05) is 158 Å². The van der Waals surface area contributed by atoms with Gasteiger partial charge in [-0.15, -0.1) is 0 Å². The summed E-state index contributed by atoms with van der Waals surface area (Å²) >= 11 is 0. The van der Waals surface area contributed by atoms with Gasteiger partial charge in [0.1, 0.15) is 11.2 Å². The minimum atomic E-state index is 0.864. The molecule has 61 heavy (non-hydrogen) atoms.